The van der Waals surface area contributed by atoms with Gasteiger partial charge in [-0.15, -0.1) is 10.2 Å². The molecule has 1 aromatic carbocycles. The summed E-state index contributed by atoms with van der Waals surface area (Å²) in [5.74, 6) is 0. The van der Waals surface area contributed by atoms with Crippen LogP contribution < -0.4 is 5.32 Å². The van der Waals surface area contributed by atoms with Gasteiger partial charge in [0.15, 0.2) is 0 Å². The Hall–Kier alpha value is -1.47. The molecule has 0 bridgehead atoms. The van der Waals surface area contributed by atoms with Gasteiger partial charge in [0.2, 0.25) is 0 Å². The first-order valence-corrected chi connectivity index (χ1v) is 7.03. The largest absolute Gasteiger partial charge is 0.417 e. The summed E-state index contributed by atoms with van der Waals surface area (Å²) >= 11 is 1.18. The molecule has 0 spiro atoms. The Bertz CT molecular complexity index is 566. The summed E-state index contributed by atoms with van der Waals surface area (Å²) in [4.78, 5) is 0. The second-order valence-corrected chi connectivity index (χ2v) is 5.28. The predicted molar refractivity (Wildman–Crippen MR) is 72.3 cm³/mol. The van der Waals surface area contributed by atoms with Gasteiger partial charge in [-0.3, -0.25) is 0 Å². The van der Waals surface area contributed by atoms with Crippen LogP contribution in [0.3, 0.4) is 0 Å². The van der Waals surface area contributed by atoms with Gasteiger partial charge in [-0.2, -0.15) is 13.2 Å². The van der Waals surface area contributed by atoms with Crippen molar-refractivity contribution in [3.63, 3.8) is 0 Å². The molecular weight excluding hydrogens is 287 g/mol. The average molecular weight is 301 g/mol. The Morgan fingerprint density at radius 1 is 1.20 bits per heavy atom. The van der Waals surface area contributed by atoms with Crippen LogP contribution in [0.25, 0.3) is 10.6 Å². The molecule has 1 N–H and O–H groups in total. The van der Waals surface area contributed by atoms with Crippen molar-refractivity contribution in [2.45, 2.75) is 26.1 Å². The maximum atomic E-state index is 12.9. The van der Waals surface area contributed by atoms with Gasteiger partial charge in [0.25, 0.3) is 0 Å². The quantitative estimate of drug-likeness (QED) is 0.855. The van der Waals surface area contributed by atoms with E-state index in [0.29, 0.717) is 16.6 Å². The number of nitrogens with one attached hydrogen (secondary N) is 1. The molecule has 2 aromatic rings. The molecule has 0 aliphatic rings. The molecule has 0 aliphatic carbocycles. The third-order valence-electron chi connectivity index (χ3n) is 2.63. The zero-order valence-electron chi connectivity index (χ0n) is 10.9. The molecule has 0 saturated carbocycles. The smallest absolute Gasteiger partial charge is 0.310 e. The number of hydrogen-bond acceptors (Lipinski definition) is 4. The monoisotopic (exact) mass is 301 g/mol. The second-order valence-electron chi connectivity index (χ2n) is 4.22. The highest BCUT2D eigenvalue weighted by Gasteiger charge is 2.34. The minimum atomic E-state index is -4.39. The van der Waals surface area contributed by atoms with Crippen LogP contribution in [0.15, 0.2) is 24.3 Å². The SMILES string of the molecule is CCCNCc1nnc(-c2ccccc2C(F)(F)F)s1. The first-order valence-electron chi connectivity index (χ1n) is 6.22. The maximum Gasteiger partial charge on any atom is 0.417 e. The van der Waals surface area contributed by atoms with E-state index < -0.39 is 11.7 Å². The van der Waals surface area contributed by atoms with Gasteiger partial charge in [-0.1, -0.05) is 36.5 Å². The second kappa shape index (κ2) is 6.32. The van der Waals surface area contributed by atoms with Crippen molar-refractivity contribution in [1.82, 2.24) is 15.5 Å². The van der Waals surface area contributed by atoms with E-state index in [1.54, 1.807) is 6.07 Å². The van der Waals surface area contributed by atoms with Crippen LogP contribution >= 0.6 is 11.3 Å². The fraction of sp³-hybridized carbons (Fsp3) is 0.385. The van der Waals surface area contributed by atoms with Gasteiger partial charge >= 0.3 is 6.18 Å². The zero-order chi connectivity index (χ0) is 14.6. The molecule has 0 radical (unpaired) electrons. The summed E-state index contributed by atoms with van der Waals surface area (Å²) in [6, 6.07) is 5.43. The van der Waals surface area contributed by atoms with Crippen LogP contribution in [-0.4, -0.2) is 16.7 Å². The van der Waals surface area contributed by atoms with E-state index in [1.165, 1.54) is 23.5 Å². The highest BCUT2D eigenvalue weighted by molar-refractivity contribution is 7.14. The van der Waals surface area contributed by atoms with Gasteiger partial charge in [0.1, 0.15) is 10.0 Å². The zero-order valence-corrected chi connectivity index (χ0v) is 11.7. The van der Waals surface area contributed by atoms with Crippen LogP contribution in [0.1, 0.15) is 23.9 Å². The molecule has 0 saturated heterocycles. The highest BCUT2D eigenvalue weighted by atomic mass is 32.1. The van der Waals surface area contributed by atoms with Crippen LogP contribution in [-0.2, 0) is 12.7 Å². The van der Waals surface area contributed by atoms with Gasteiger partial charge in [0.05, 0.1) is 5.56 Å². The Labute approximate surface area is 118 Å². The molecule has 7 heteroatoms. The van der Waals surface area contributed by atoms with Gasteiger partial charge in [0, 0.05) is 12.1 Å². The molecule has 1 aromatic heterocycles. The minimum absolute atomic E-state index is 0.0826. The molecule has 108 valence electrons. The molecule has 20 heavy (non-hydrogen) atoms. The number of nitrogens with zero attached hydrogens (tertiary/aromatic N) is 2. The molecule has 3 nitrogen and oxygen atoms in total. The number of aromatic nitrogens is 2. The van der Waals surface area contributed by atoms with Gasteiger partial charge in [-0.05, 0) is 19.0 Å². The summed E-state index contributed by atoms with van der Waals surface area (Å²) in [7, 11) is 0. The lowest BCUT2D eigenvalue weighted by Gasteiger charge is -2.09. The predicted octanol–water partition coefficient (Wildman–Crippen LogP) is 3.72. The molecular formula is C13H14F3N3S. The first kappa shape index (κ1) is 14.9. The van der Waals surface area contributed by atoms with Crippen molar-refractivity contribution in [3.05, 3.63) is 34.8 Å². The van der Waals surface area contributed by atoms with Crippen LogP contribution in [0.2, 0.25) is 0 Å². The summed E-state index contributed by atoms with van der Waals surface area (Å²) < 4.78 is 38.8. The lowest BCUT2D eigenvalue weighted by Crippen LogP contribution is -2.13. The van der Waals surface area contributed by atoms with Crippen molar-refractivity contribution < 1.29 is 13.2 Å². The summed E-state index contributed by atoms with van der Waals surface area (Å²) in [5, 5.41) is 11.9. The number of alkyl halides is 3. The lowest BCUT2D eigenvalue weighted by atomic mass is 10.1. The van der Waals surface area contributed by atoms with Gasteiger partial charge < -0.3 is 5.32 Å². The maximum absolute atomic E-state index is 12.9. The van der Waals surface area contributed by atoms with E-state index in [2.05, 4.69) is 15.5 Å². The molecule has 0 unspecified atom stereocenters. The van der Waals surface area contributed by atoms with E-state index in [4.69, 9.17) is 0 Å². The molecule has 0 amide bonds. The number of benzene rings is 1. The Kier molecular flexibility index (Phi) is 4.72. The highest BCUT2D eigenvalue weighted by Crippen LogP contribution is 2.37. The normalized spacial score (nSPS) is 11.8. The van der Waals surface area contributed by atoms with E-state index >= 15 is 0 Å². The van der Waals surface area contributed by atoms with Crippen molar-refractivity contribution in [3.8, 4) is 10.6 Å². The van der Waals surface area contributed by atoms with Crippen molar-refractivity contribution in [1.29, 1.82) is 0 Å². The summed E-state index contributed by atoms with van der Waals surface area (Å²) in [6.45, 7) is 3.41. The number of rotatable bonds is 5. The molecule has 2 rings (SSSR count). The van der Waals surface area contributed by atoms with Crippen molar-refractivity contribution in [2.75, 3.05) is 6.54 Å². The van der Waals surface area contributed by atoms with Crippen LogP contribution in [0, 0.1) is 0 Å². The van der Waals surface area contributed by atoms with Gasteiger partial charge in [-0.25, -0.2) is 0 Å². The fourth-order valence-electron chi connectivity index (χ4n) is 1.72. The Morgan fingerprint density at radius 3 is 2.65 bits per heavy atom. The first-order chi connectivity index (χ1) is 9.52. The molecule has 1 heterocycles. The average Bonchev–Trinajstić information content (AvgIpc) is 2.87. The number of hydrogen-bond donors (Lipinski definition) is 1. The third kappa shape index (κ3) is 3.55. The van der Waals surface area contributed by atoms with Crippen molar-refractivity contribution >= 4 is 11.3 Å². The van der Waals surface area contributed by atoms with Crippen molar-refractivity contribution in [2.24, 2.45) is 0 Å². The van der Waals surface area contributed by atoms with E-state index in [0.717, 1.165) is 19.0 Å². The molecule has 0 atom stereocenters. The minimum Gasteiger partial charge on any atom is -0.310 e. The summed E-state index contributed by atoms with van der Waals surface area (Å²) in [5.41, 5.74) is -0.594. The van der Waals surface area contributed by atoms with E-state index in [9.17, 15) is 13.2 Å². The fourth-order valence-corrected chi connectivity index (χ4v) is 2.57. The number of halogens is 3. The standard InChI is InChI=1S/C13H14F3N3S/c1-2-7-17-8-11-18-19-12(20-11)9-5-3-4-6-10(9)13(14,15)16/h3-6,17H,2,7-8H2,1H3. The van der Waals surface area contributed by atoms with E-state index in [1.807, 2.05) is 6.92 Å². The van der Waals surface area contributed by atoms with Crippen LogP contribution in [0.4, 0.5) is 13.2 Å². The van der Waals surface area contributed by atoms with Crippen LogP contribution in [0.5, 0.6) is 0 Å². The third-order valence-corrected chi connectivity index (χ3v) is 3.59. The van der Waals surface area contributed by atoms with E-state index in [-0.39, 0.29) is 5.56 Å². The summed E-state index contributed by atoms with van der Waals surface area (Å²) in [6.07, 6.45) is -3.40. The molecule has 0 fully saturated rings. The Balaban J connectivity index is 2.24. The topological polar surface area (TPSA) is 37.8 Å². The lowest BCUT2D eigenvalue weighted by molar-refractivity contribution is -0.137. The molecule has 0 aliphatic heterocycles. The Morgan fingerprint density at radius 2 is 1.95 bits per heavy atom.